The van der Waals surface area contributed by atoms with E-state index in [0.29, 0.717) is 22.7 Å². The summed E-state index contributed by atoms with van der Waals surface area (Å²) in [4.78, 5) is 17.6. The number of hydrogen-bond acceptors (Lipinski definition) is 3. The number of halogens is 1. The number of rotatable bonds is 9. The summed E-state index contributed by atoms with van der Waals surface area (Å²) in [5.41, 5.74) is 3.98. The molecule has 0 unspecified atom stereocenters. The minimum absolute atomic E-state index is 0.318. The number of para-hydroxylation sites is 1. The lowest BCUT2D eigenvalue weighted by Crippen LogP contribution is -2.08. The van der Waals surface area contributed by atoms with Crippen LogP contribution >= 0.6 is 11.6 Å². The Labute approximate surface area is 178 Å². The monoisotopic (exact) mass is 409 g/mol. The molecule has 0 atom stereocenters. The highest BCUT2D eigenvalue weighted by Crippen LogP contribution is 2.29. The van der Waals surface area contributed by atoms with Crippen LogP contribution < -0.4 is 0 Å². The van der Waals surface area contributed by atoms with Gasteiger partial charge < -0.3 is 4.74 Å². The van der Waals surface area contributed by atoms with Gasteiger partial charge in [-0.15, -0.1) is 0 Å². The van der Waals surface area contributed by atoms with Crippen molar-refractivity contribution in [1.29, 1.82) is 0 Å². The van der Waals surface area contributed by atoms with E-state index in [0.717, 1.165) is 29.5 Å². The zero-order valence-corrected chi connectivity index (χ0v) is 18.0. The Balaban J connectivity index is 1.81. The van der Waals surface area contributed by atoms with Crippen LogP contribution in [0.3, 0.4) is 0 Å². The molecule has 0 N–H and O–H groups in total. The van der Waals surface area contributed by atoms with Crippen LogP contribution in [0.5, 0.6) is 0 Å². The van der Waals surface area contributed by atoms with Crippen molar-refractivity contribution < 1.29 is 9.53 Å². The van der Waals surface area contributed by atoms with Gasteiger partial charge in [0.25, 0.3) is 0 Å². The SMILES string of the molecule is CCCCCCCCOC(=O)c1cc(-c2ccc(C)cc2)nc2c(Cl)cccc12. The fraction of sp³-hybridized carbons (Fsp3) is 0.360. The molecule has 0 aliphatic carbocycles. The van der Waals surface area contributed by atoms with Crippen LogP contribution in [0, 0.1) is 6.92 Å². The molecule has 4 heteroatoms. The third-order valence-electron chi connectivity index (χ3n) is 5.09. The van der Waals surface area contributed by atoms with E-state index in [1.165, 1.54) is 31.2 Å². The first-order valence-electron chi connectivity index (χ1n) is 10.4. The Bertz CT molecular complexity index is 966. The van der Waals surface area contributed by atoms with E-state index in [-0.39, 0.29) is 5.97 Å². The molecular formula is C25H28ClNO2. The van der Waals surface area contributed by atoms with Gasteiger partial charge in [-0.1, -0.05) is 92.6 Å². The quantitative estimate of drug-likeness (QED) is 0.273. The van der Waals surface area contributed by atoms with Gasteiger partial charge in [-0.25, -0.2) is 9.78 Å². The van der Waals surface area contributed by atoms with E-state index in [1.807, 2.05) is 49.4 Å². The first-order valence-corrected chi connectivity index (χ1v) is 10.8. The smallest absolute Gasteiger partial charge is 0.338 e. The van der Waals surface area contributed by atoms with Crippen molar-refractivity contribution in [2.75, 3.05) is 6.61 Å². The summed E-state index contributed by atoms with van der Waals surface area (Å²) >= 11 is 6.39. The molecule has 2 aromatic carbocycles. The Hall–Kier alpha value is -2.39. The van der Waals surface area contributed by atoms with Crippen molar-refractivity contribution in [1.82, 2.24) is 4.98 Å². The molecule has 1 aromatic heterocycles. The molecule has 29 heavy (non-hydrogen) atoms. The number of aromatic nitrogens is 1. The molecule has 0 fully saturated rings. The Morgan fingerprint density at radius 1 is 1.00 bits per heavy atom. The van der Waals surface area contributed by atoms with E-state index >= 15 is 0 Å². The maximum absolute atomic E-state index is 12.8. The number of unbranched alkanes of at least 4 members (excludes halogenated alkanes) is 5. The van der Waals surface area contributed by atoms with E-state index in [2.05, 4.69) is 6.92 Å². The summed E-state index contributed by atoms with van der Waals surface area (Å²) < 4.78 is 5.58. The molecule has 0 aliphatic rings. The largest absolute Gasteiger partial charge is 0.462 e. The van der Waals surface area contributed by atoms with Crippen LogP contribution in [0.25, 0.3) is 22.2 Å². The first-order chi connectivity index (χ1) is 14.1. The van der Waals surface area contributed by atoms with Crippen molar-refractivity contribution in [3.05, 3.63) is 64.7 Å². The summed E-state index contributed by atoms with van der Waals surface area (Å²) in [6.45, 7) is 4.69. The molecule has 0 amide bonds. The standard InChI is InChI=1S/C25H28ClNO2/c1-3-4-5-6-7-8-16-29-25(28)21-17-23(19-14-12-18(2)13-15-19)27-24-20(21)10-9-11-22(24)26/h9-15,17H,3-8,16H2,1-2H3. The lowest BCUT2D eigenvalue weighted by Gasteiger charge is -2.11. The molecule has 3 nitrogen and oxygen atoms in total. The first kappa shape index (κ1) is 21.3. The summed E-state index contributed by atoms with van der Waals surface area (Å²) in [7, 11) is 0. The average Bonchev–Trinajstić information content (AvgIpc) is 2.73. The summed E-state index contributed by atoms with van der Waals surface area (Å²) in [6, 6.07) is 15.4. The molecule has 0 spiro atoms. The van der Waals surface area contributed by atoms with Crippen LogP contribution in [-0.2, 0) is 4.74 Å². The second kappa shape index (κ2) is 10.4. The van der Waals surface area contributed by atoms with Crippen LogP contribution in [0.4, 0.5) is 0 Å². The fourth-order valence-corrected chi connectivity index (χ4v) is 3.60. The van der Waals surface area contributed by atoms with Crippen LogP contribution in [-0.4, -0.2) is 17.6 Å². The highest BCUT2D eigenvalue weighted by Gasteiger charge is 2.16. The number of benzene rings is 2. The summed E-state index contributed by atoms with van der Waals surface area (Å²) in [5, 5.41) is 1.25. The van der Waals surface area contributed by atoms with E-state index in [1.54, 1.807) is 6.07 Å². The van der Waals surface area contributed by atoms with Crippen LogP contribution in [0.2, 0.25) is 5.02 Å². The maximum atomic E-state index is 12.8. The molecule has 0 aliphatic heterocycles. The number of ether oxygens (including phenoxy) is 1. The van der Waals surface area contributed by atoms with Gasteiger partial charge in [-0.05, 0) is 25.5 Å². The molecule has 0 bridgehead atoms. The molecule has 3 rings (SSSR count). The Kier molecular flexibility index (Phi) is 7.65. The maximum Gasteiger partial charge on any atom is 0.338 e. The third kappa shape index (κ3) is 5.57. The molecule has 3 aromatic rings. The number of esters is 1. The average molecular weight is 410 g/mol. The number of aryl methyl sites for hydroxylation is 1. The molecular weight excluding hydrogens is 382 g/mol. The summed E-state index contributed by atoms with van der Waals surface area (Å²) in [5.74, 6) is -0.318. The van der Waals surface area contributed by atoms with Gasteiger partial charge in [0.15, 0.2) is 0 Å². The normalized spacial score (nSPS) is 11.0. The van der Waals surface area contributed by atoms with Crippen molar-refractivity contribution in [3.8, 4) is 11.3 Å². The van der Waals surface area contributed by atoms with Crippen molar-refractivity contribution in [2.24, 2.45) is 0 Å². The number of carbonyl (C=O) groups excluding carboxylic acids is 1. The van der Waals surface area contributed by atoms with E-state index in [9.17, 15) is 4.79 Å². The topological polar surface area (TPSA) is 39.2 Å². The molecule has 0 saturated carbocycles. The minimum Gasteiger partial charge on any atom is -0.462 e. The number of pyridine rings is 1. The second-order valence-corrected chi connectivity index (χ2v) is 7.87. The van der Waals surface area contributed by atoms with Gasteiger partial charge >= 0.3 is 5.97 Å². The van der Waals surface area contributed by atoms with Crippen molar-refractivity contribution in [2.45, 2.75) is 52.4 Å². The minimum atomic E-state index is -0.318. The Morgan fingerprint density at radius 2 is 1.72 bits per heavy atom. The van der Waals surface area contributed by atoms with Gasteiger partial charge in [0.05, 0.1) is 28.4 Å². The predicted molar refractivity (Wildman–Crippen MR) is 121 cm³/mol. The molecule has 0 saturated heterocycles. The lowest BCUT2D eigenvalue weighted by atomic mass is 10.0. The van der Waals surface area contributed by atoms with Crippen LogP contribution in [0.1, 0.15) is 61.4 Å². The van der Waals surface area contributed by atoms with Crippen LogP contribution in [0.15, 0.2) is 48.5 Å². The predicted octanol–water partition coefficient (Wildman–Crippen LogP) is 7.38. The number of nitrogens with zero attached hydrogens (tertiary/aromatic N) is 1. The summed E-state index contributed by atoms with van der Waals surface area (Å²) in [6.07, 6.45) is 6.92. The number of fused-ring (bicyclic) bond motifs is 1. The highest BCUT2D eigenvalue weighted by atomic mass is 35.5. The van der Waals surface area contributed by atoms with Gasteiger partial charge in [0.1, 0.15) is 0 Å². The number of hydrogen-bond donors (Lipinski definition) is 0. The Morgan fingerprint density at radius 3 is 2.48 bits per heavy atom. The fourth-order valence-electron chi connectivity index (χ4n) is 3.38. The van der Waals surface area contributed by atoms with Gasteiger partial charge in [0, 0.05) is 10.9 Å². The zero-order valence-electron chi connectivity index (χ0n) is 17.2. The van der Waals surface area contributed by atoms with E-state index in [4.69, 9.17) is 21.3 Å². The zero-order chi connectivity index (χ0) is 20.6. The molecule has 1 heterocycles. The molecule has 0 radical (unpaired) electrons. The number of carbonyl (C=O) groups is 1. The van der Waals surface area contributed by atoms with Gasteiger partial charge in [-0.2, -0.15) is 0 Å². The highest BCUT2D eigenvalue weighted by molar-refractivity contribution is 6.35. The molecule has 152 valence electrons. The second-order valence-electron chi connectivity index (χ2n) is 7.46. The van der Waals surface area contributed by atoms with Crippen molar-refractivity contribution in [3.63, 3.8) is 0 Å². The lowest BCUT2D eigenvalue weighted by molar-refractivity contribution is 0.0500. The third-order valence-corrected chi connectivity index (χ3v) is 5.39. The van der Waals surface area contributed by atoms with E-state index < -0.39 is 0 Å². The van der Waals surface area contributed by atoms with Crippen molar-refractivity contribution >= 4 is 28.5 Å². The van der Waals surface area contributed by atoms with Gasteiger partial charge in [-0.3, -0.25) is 0 Å². The van der Waals surface area contributed by atoms with Gasteiger partial charge in [0.2, 0.25) is 0 Å².